The molecule has 0 spiro atoms. The maximum Gasteiger partial charge on any atom is 0.308 e. The van der Waals surface area contributed by atoms with E-state index in [1.165, 1.54) is 0 Å². The molecule has 2 saturated heterocycles. The van der Waals surface area contributed by atoms with Crippen molar-refractivity contribution in [3.05, 3.63) is 35.9 Å². The van der Waals surface area contributed by atoms with E-state index in [1.54, 1.807) is 4.90 Å². The Morgan fingerprint density at radius 3 is 2.48 bits per heavy atom. The van der Waals surface area contributed by atoms with E-state index in [1.807, 2.05) is 30.3 Å². The van der Waals surface area contributed by atoms with E-state index in [-0.39, 0.29) is 23.8 Å². The molecule has 3 fully saturated rings. The summed E-state index contributed by atoms with van der Waals surface area (Å²) in [5.41, 5.74) is 1.04. The Balaban J connectivity index is 1.51. The lowest BCUT2D eigenvalue weighted by Gasteiger charge is -2.33. The van der Waals surface area contributed by atoms with Gasteiger partial charge in [0.15, 0.2) is 0 Å². The van der Waals surface area contributed by atoms with Gasteiger partial charge in [-0.15, -0.1) is 0 Å². The van der Waals surface area contributed by atoms with Crippen molar-refractivity contribution in [1.29, 1.82) is 0 Å². The van der Waals surface area contributed by atoms with Crippen LogP contribution in [-0.4, -0.2) is 41.6 Å². The number of hydrogen-bond donors (Lipinski definition) is 1. The van der Waals surface area contributed by atoms with Gasteiger partial charge in [0.05, 0.1) is 17.9 Å². The Kier molecular flexibility index (Phi) is 4.50. The number of hydrogen-bond acceptors (Lipinski definition) is 3. The van der Waals surface area contributed by atoms with Crippen molar-refractivity contribution in [2.24, 2.45) is 23.7 Å². The number of amides is 1. The van der Waals surface area contributed by atoms with Crippen molar-refractivity contribution < 1.29 is 19.4 Å². The van der Waals surface area contributed by atoms with Gasteiger partial charge in [-0.25, -0.2) is 0 Å². The van der Waals surface area contributed by atoms with Gasteiger partial charge in [0.1, 0.15) is 0 Å². The molecule has 2 heterocycles. The lowest BCUT2D eigenvalue weighted by Crippen LogP contribution is -2.40. The third kappa shape index (κ3) is 3.30. The minimum absolute atomic E-state index is 0.0722. The number of carboxylic acids is 1. The number of carbonyl (C=O) groups excluding carboxylic acids is 1. The van der Waals surface area contributed by atoms with Gasteiger partial charge in [0.25, 0.3) is 0 Å². The van der Waals surface area contributed by atoms with E-state index in [2.05, 4.69) is 0 Å². The molecule has 3 aliphatic rings. The Hall–Kier alpha value is -1.88. The molecule has 5 nitrogen and oxygen atoms in total. The number of carboxylic acid groups (broad SMARTS) is 1. The second-order valence-corrected chi connectivity index (χ2v) is 7.64. The van der Waals surface area contributed by atoms with Gasteiger partial charge in [-0.05, 0) is 43.1 Å². The number of ether oxygens (including phenoxy) is 1. The second-order valence-electron chi connectivity index (χ2n) is 7.64. The molecule has 1 N–H and O–H groups in total. The van der Waals surface area contributed by atoms with Crippen molar-refractivity contribution in [3.8, 4) is 0 Å². The van der Waals surface area contributed by atoms with E-state index in [0.29, 0.717) is 25.6 Å². The number of benzene rings is 1. The molecule has 1 saturated carbocycles. The molecule has 0 aromatic heterocycles. The third-order valence-corrected chi connectivity index (χ3v) is 5.99. The molecule has 1 aromatic rings. The molecule has 5 heteroatoms. The molecule has 4 atom stereocenters. The van der Waals surface area contributed by atoms with Crippen LogP contribution in [0.3, 0.4) is 0 Å². The molecule has 1 amide bonds. The molecule has 0 radical (unpaired) electrons. The van der Waals surface area contributed by atoms with Crippen LogP contribution in [0.4, 0.5) is 0 Å². The zero-order valence-electron chi connectivity index (χ0n) is 14.3. The quantitative estimate of drug-likeness (QED) is 0.913. The van der Waals surface area contributed by atoms with Crippen LogP contribution < -0.4 is 0 Å². The second kappa shape index (κ2) is 6.79. The predicted molar refractivity (Wildman–Crippen MR) is 91.8 cm³/mol. The standard InChI is InChI=1S/C20H25NO4/c22-19(21-11-16(13-8-9-13)17(12-21)20(23)24)15-7-4-10-25-18(15)14-5-2-1-3-6-14/h1-3,5-6,13,15-18H,4,7-12H2,(H,23,24)/t15?,16-,17+,18?/m1/s1. The van der Waals surface area contributed by atoms with Crippen LogP contribution in [-0.2, 0) is 14.3 Å². The van der Waals surface area contributed by atoms with E-state index >= 15 is 0 Å². The first-order valence-electron chi connectivity index (χ1n) is 9.33. The fourth-order valence-electron chi connectivity index (χ4n) is 4.51. The van der Waals surface area contributed by atoms with Gasteiger partial charge < -0.3 is 14.7 Å². The molecule has 25 heavy (non-hydrogen) atoms. The van der Waals surface area contributed by atoms with Crippen molar-refractivity contribution in [2.75, 3.05) is 19.7 Å². The fraction of sp³-hybridized carbons (Fsp3) is 0.600. The Morgan fingerprint density at radius 1 is 1.04 bits per heavy atom. The molecular weight excluding hydrogens is 318 g/mol. The van der Waals surface area contributed by atoms with Crippen LogP contribution in [0.1, 0.15) is 37.4 Å². The summed E-state index contributed by atoms with van der Waals surface area (Å²) in [5, 5.41) is 9.54. The highest BCUT2D eigenvalue weighted by atomic mass is 16.5. The SMILES string of the molecule is O=C(O)[C@H]1CN(C(=O)C2CCCOC2c2ccccc2)C[C@@H]1C1CC1. The monoisotopic (exact) mass is 343 g/mol. The lowest BCUT2D eigenvalue weighted by atomic mass is 9.88. The summed E-state index contributed by atoms with van der Waals surface area (Å²) >= 11 is 0. The number of aliphatic carboxylic acids is 1. The molecule has 0 bridgehead atoms. The summed E-state index contributed by atoms with van der Waals surface area (Å²) in [6.45, 7) is 1.62. The van der Waals surface area contributed by atoms with Gasteiger partial charge in [-0.3, -0.25) is 9.59 Å². The topological polar surface area (TPSA) is 66.8 Å². The summed E-state index contributed by atoms with van der Waals surface area (Å²) in [6, 6.07) is 9.91. The highest BCUT2D eigenvalue weighted by Gasteiger charge is 2.48. The fourth-order valence-corrected chi connectivity index (χ4v) is 4.51. The number of nitrogens with zero attached hydrogens (tertiary/aromatic N) is 1. The molecule has 1 aromatic carbocycles. The van der Waals surface area contributed by atoms with Gasteiger partial charge in [-0.1, -0.05) is 30.3 Å². The number of likely N-dealkylation sites (tertiary alicyclic amines) is 1. The number of carbonyl (C=O) groups is 2. The van der Waals surface area contributed by atoms with E-state index in [4.69, 9.17) is 4.74 Å². The van der Waals surface area contributed by atoms with Gasteiger partial charge in [-0.2, -0.15) is 0 Å². The number of rotatable bonds is 4. The first kappa shape index (κ1) is 16.6. The minimum Gasteiger partial charge on any atom is -0.481 e. The summed E-state index contributed by atoms with van der Waals surface area (Å²) in [4.78, 5) is 26.6. The third-order valence-electron chi connectivity index (χ3n) is 5.99. The van der Waals surface area contributed by atoms with Crippen molar-refractivity contribution in [3.63, 3.8) is 0 Å². The summed E-state index contributed by atoms with van der Waals surface area (Å²) in [6.07, 6.45) is 3.68. The molecule has 2 unspecified atom stereocenters. The summed E-state index contributed by atoms with van der Waals surface area (Å²) in [7, 11) is 0. The highest BCUT2D eigenvalue weighted by Crippen LogP contribution is 2.45. The zero-order chi connectivity index (χ0) is 17.4. The molecular formula is C20H25NO4. The molecule has 4 rings (SSSR count). The first-order valence-corrected chi connectivity index (χ1v) is 9.33. The normalized spacial score (nSPS) is 32.6. The van der Waals surface area contributed by atoms with Crippen molar-refractivity contribution in [1.82, 2.24) is 4.90 Å². The maximum absolute atomic E-state index is 13.2. The van der Waals surface area contributed by atoms with Crippen molar-refractivity contribution in [2.45, 2.75) is 31.8 Å². The van der Waals surface area contributed by atoms with Crippen LogP contribution in [0.25, 0.3) is 0 Å². The molecule has 2 aliphatic heterocycles. The highest BCUT2D eigenvalue weighted by molar-refractivity contribution is 5.82. The average Bonchev–Trinajstić information content (AvgIpc) is 3.39. The van der Waals surface area contributed by atoms with Gasteiger partial charge in [0, 0.05) is 19.7 Å². The van der Waals surface area contributed by atoms with Crippen LogP contribution in [0.5, 0.6) is 0 Å². The van der Waals surface area contributed by atoms with Crippen LogP contribution in [0.15, 0.2) is 30.3 Å². The molecule has 134 valence electrons. The van der Waals surface area contributed by atoms with E-state index < -0.39 is 11.9 Å². The summed E-state index contributed by atoms with van der Waals surface area (Å²) in [5.74, 6) is -0.679. The zero-order valence-corrected chi connectivity index (χ0v) is 14.3. The summed E-state index contributed by atoms with van der Waals surface area (Å²) < 4.78 is 5.95. The Morgan fingerprint density at radius 2 is 1.80 bits per heavy atom. The van der Waals surface area contributed by atoms with Crippen LogP contribution >= 0.6 is 0 Å². The van der Waals surface area contributed by atoms with Crippen molar-refractivity contribution >= 4 is 11.9 Å². The molecule has 1 aliphatic carbocycles. The van der Waals surface area contributed by atoms with Gasteiger partial charge >= 0.3 is 5.97 Å². The Labute approximate surface area is 148 Å². The smallest absolute Gasteiger partial charge is 0.308 e. The van der Waals surface area contributed by atoms with Gasteiger partial charge in [0.2, 0.25) is 5.91 Å². The largest absolute Gasteiger partial charge is 0.481 e. The van der Waals surface area contributed by atoms with Crippen LogP contribution in [0, 0.1) is 23.7 Å². The van der Waals surface area contributed by atoms with E-state index in [0.717, 1.165) is 31.2 Å². The Bertz CT molecular complexity index is 642. The van der Waals surface area contributed by atoms with E-state index in [9.17, 15) is 14.7 Å². The first-order chi connectivity index (χ1) is 12.1. The average molecular weight is 343 g/mol. The minimum atomic E-state index is -0.758. The van der Waals surface area contributed by atoms with Crippen LogP contribution in [0.2, 0.25) is 0 Å². The lowest BCUT2D eigenvalue weighted by molar-refractivity contribution is -0.145. The maximum atomic E-state index is 13.2. The predicted octanol–water partition coefficient (Wildman–Crippen LogP) is 2.72.